The van der Waals surface area contributed by atoms with Gasteiger partial charge in [0.1, 0.15) is 16.5 Å². The maximum Gasteiger partial charge on any atom is 0.244 e. The molecule has 0 fully saturated rings. The first-order chi connectivity index (χ1) is 10.5. The van der Waals surface area contributed by atoms with Crippen LogP contribution in [0, 0.1) is 11.7 Å². The van der Waals surface area contributed by atoms with Gasteiger partial charge in [-0.25, -0.2) is 22.5 Å². The van der Waals surface area contributed by atoms with Crippen molar-refractivity contribution in [3.05, 3.63) is 46.7 Å². The average molecular weight is 388 g/mol. The monoisotopic (exact) mass is 387 g/mol. The second kappa shape index (κ2) is 6.10. The molecule has 0 bridgehead atoms. The highest BCUT2D eigenvalue weighted by molar-refractivity contribution is 9.10. The lowest BCUT2D eigenvalue weighted by Gasteiger charge is -2.23. The van der Waals surface area contributed by atoms with Gasteiger partial charge in [0.15, 0.2) is 0 Å². The summed E-state index contributed by atoms with van der Waals surface area (Å²) in [6.07, 6.45) is 5.25. The molecule has 0 radical (unpaired) electrons. The van der Waals surface area contributed by atoms with Gasteiger partial charge in [-0.15, -0.1) is 0 Å². The molecule has 1 aliphatic heterocycles. The second-order valence-corrected chi connectivity index (χ2v) is 7.86. The number of hydrogen-bond acceptors (Lipinski definition) is 3. The highest BCUT2D eigenvalue weighted by Gasteiger charge is 2.25. The molecule has 1 N–H and O–H groups in total. The number of rotatable bonds is 4. The van der Waals surface area contributed by atoms with Crippen molar-refractivity contribution in [3.63, 3.8) is 0 Å². The summed E-state index contributed by atoms with van der Waals surface area (Å²) < 4.78 is 43.2. The molecule has 8 heteroatoms. The number of aryl methyl sites for hydroxylation is 1. The maximum absolute atomic E-state index is 13.8. The smallest absolute Gasteiger partial charge is 0.244 e. The van der Waals surface area contributed by atoms with E-state index in [-0.39, 0.29) is 21.8 Å². The zero-order chi connectivity index (χ0) is 15.7. The van der Waals surface area contributed by atoms with Crippen LogP contribution in [-0.2, 0) is 23.0 Å². The Morgan fingerprint density at radius 1 is 1.45 bits per heavy atom. The van der Waals surface area contributed by atoms with E-state index in [4.69, 9.17) is 0 Å². The Morgan fingerprint density at radius 2 is 2.27 bits per heavy atom. The van der Waals surface area contributed by atoms with Crippen molar-refractivity contribution in [1.82, 2.24) is 14.3 Å². The lowest BCUT2D eigenvalue weighted by molar-refractivity contribution is 0.379. The minimum Gasteiger partial charge on any atom is -0.335 e. The van der Waals surface area contributed by atoms with Gasteiger partial charge in [0, 0.05) is 36.4 Å². The minimum absolute atomic E-state index is 0.162. The zero-order valence-electron chi connectivity index (χ0n) is 11.7. The van der Waals surface area contributed by atoms with Crippen LogP contribution in [0.25, 0.3) is 0 Å². The zero-order valence-corrected chi connectivity index (χ0v) is 14.1. The van der Waals surface area contributed by atoms with E-state index in [1.807, 2.05) is 6.20 Å². The van der Waals surface area contributed by atoms with Gasteiger partial charge in [-0.05, 0) is 40.4 Å². The van der Waals surface area contributed by atoms with Crippen LogP contribution in [0.4, 0.5) is 4.39 Å². The van der Waals surface area contributed by atoms with Gasteiger partial charge in [-0.1, -0.05) is 6.07 Å². The third kappa shape index (κ3) is 3.09. The highest BCUT2D eigenvalue weighted by Crippen LogP contribution is 2.25. The Bertz CT molecular complexity index is 771. The predicted molar refractivity (Wildman–Crippen MR) is 83.3 cm³/mol. The fourth-order valence-corrected chi connectivity index (χ4v) is 4.86. The van der Waals surface area contributed by atoms with Crippen LogP contribution >= 0.6 is 15.9 Å². The molecule has 0 spiro atoms. The normalized spacial score (nSPS) is 18.2. The SMILES string of the molecule is O=S(=O)(NCC1CCn2ccnc2C1)c1c(F)cccc1Br. The summed E-state index contributed by atoms with van der Waals surface area (Å²) in [5, 5.41) is 0. The molecule has 22 heavy (non-hydrogen) atoms. The number of hydrogen-bond donors (Lipinski definition) is 1. The van der Waals surface area contributed by atoms with Crippen LogP contribution in [0.1, 0.15) is 12.2 Å². The van der Waals surface area contributed by atoms with Crippen molar-refractivity contribution in [2.75, 3.05) is 6.54 Å². The van der Waals surface area contributed by atoms with Crippen LogP contribution in [0.2, 0.25) is 0 Å². The molecule has 0 saturated heterocycles. The van der Waals surface area contributed by atoms with E-state index in [1.54, 1.807) is 6.20 Å². The fourth-order valence-electron chi connectivity index (χ4n) is 2.63. The number of nitrogens with zero attached hydrogens (tertiary/aromatic N) is 2. The molecule has 3 rings (SSSR count). The molecule has 0 saturated carbocycles. The summed E-state index contributed by atoms with van der Waals surface area (Å²) in [4.78, 5) is 3.92. The summed E-state index contributed by atoms with van der Waals surface area (Å²) in [5.74, 6) is 0.360. The quantitative estimate of drug-likeness (QED) is 0.875. The number of nitrogens with one attached hydrogen (secondary N) is 1. The standard InChI is InChI=1S/C14H15BrFN3O2S/c15-11-2-1-3-12(16)14(11)22(20,21)18-9-10-4-6-19-7-5-17-13(19)8-10/h1-3,5,7,10,18H,4,6,8-9H2. The van der Waals surface area contributed by atoms with Crippen molar-refractivity contribution in [1.29, 1.82) is 0 Å². The van der Waals surface area contributed by atoms with Gasteiger partial charge in [-0.2, -0.15) is 0 Å². The number of sulfonamides is 1. The number of fused-ring (bicyclic) bond motifs is 1. The first-order valence-corrected chi connectivity index (χ1v) is 9.18. The van der Waals surface area contributed by atoms with E-state index in [1.165, 1.54) is 12.1 Å². The van der Waals surface area contributed by atoms with E-state index >= 15 is 0 Å². The lowest BCUT2D eigenvalue weighted by Crippen LogP contribution is -2.33. The molecule has 1 aromatic carbocycles. The van der Waals surface area contributed by atoms with Crippen molar-refractivity contribution >= 4 is 26.0 Å². The van der Waals surface area contributed by atoms with E-state index in [2.05, 4.69) is 30.2 Å². The fraction of sp³-hybridized carbons (Fsp3) is 0.357. The number of benzene rings is 1. The molecule has 1 aromatic heterocycles. The Morgan fingerprint density at radius 3 is 3.05 bits per heavy atom. The molecule has 0 aliphatic carbocycles. The Kier molecular flexibility index (Phi) is 4.33. The van der Waals surface area contributed by atoms with E-state index in [0.29, 0.717) is 6.42 Å². The third-order valence-corrected chi connectivity index (χ3v) is 6.22. The van der Waals surface area contributed by atoms with E-state index < -0.39 is 15.8 Å². The summed E-state index contributed by atoms with van der Waals surface area (Å²) in [5.41, 5.74) is 0. The number of halogens is 2. The van der Waals surface area contributed by atoms with Crippen molar-refractivity contribution in [2.24, 2.45) is 5.92 Å². The van der Waals surface area contributed by atoms with Crippen molar-refractivity contribution in [2.45, 2.75) is 24.3 Å². The predicted octanol–water partition coefficient (Wildman–Crippen LogP) is 2.33. The summed E-state index contributed by atoms with van der Waals surface area (Å²) in [6.45, 7) is 1.10. The Balaban J connectivity index is 1.71. The summed E-state index contributed by atoms with van der Waals surface area (Å²) in [6, 6.07) is 4.10. The molecule has 2 heterocycles. The molecule has 5 nitrogen and oxygen atoms in total. The van der Waals surface area contributed by atoms with Gasteiger partial charge >= 0.3 is 0 Å². The van der Waals surface area contributed by atoms with Crippen LogP contribution in [-0.4, -0.2) is 24.5 Å². The summed E-state index contributed by atoms with van der Waals surface area (Å²) >= 11 is 3.09. The molecule has 1 atom stereocenters. The maximum atomic E-state index is 13.8. The first-order valence-electron chi connectivity index (χ1n) is 6.91. The van der Waals surface area contributed by atoms with Gasteiger partial charge in [-0.3, -0.25) is 0 Å². The van der Waals surface area contributed by atoms with Crippen LogP contribution in [0.3, 0.4) is 0 Å². The molecule has 118 valence electrons. The minimum atomic E-state index is -3.88. The molecular weight excluding hydrogens is 373 g/mol. The van der Waals surface area contributed by atoms with E-state index in [9.17, 15) is 12.8 Å². The van der Waals surface area contributed by atoms with Crippen molar-refractivity contribution in [3.8, 4) is 0 Å². The highest BCUT2D eigenvalue weighted by atomic mass is 79.9. The largest absolute Gasteiger partial charge is 0.335 e. The number of aromatic nitrogens is 2. The number of imidazole rings is 1. The molecule has 2 aromatic rings. The Hall–Kier alpha value is -1.25. The molecule has 1 aliphatic rings. The summed E-state index contributed by atoms with van der Waals surface area (Å²) in [7, 11) is -3.88. The lowest BCUT2D eigenvalue weighted by atomic mass is 9.98. The molecule has 0 amide bonds. The topological polar surface area (TPSA) is 64.0 Å². The van der Waals surface area contributed by atoms with Crippen LogP contribution in [0.15, 0.2) is 40.0 Å². The molecule has 1 unspecified atom stereocenters. The van der Waals surface area contributed by atoms with Crippen molar-refractivity contribution < 1.29 is 12.8 Å². The van der Waals surface area contributed by atoms with E-state index in [0.717, 1.165) is 24.9 Å². The average Bonchev–Trinajstić information content (AvgIpc) is 2.92. The second-order valence-electron chi connectivity index (χ2n) is 5.30. The van der Waals surface area contributed by atoms with Crippen LogP contribution < -0.4 is 4.72 Å². The van der Waals surface area contributed by atoms with Gasteiger partial charge in [0.2, 0.25) is 10.0 Å². The van der Waals surface area contributed by atoms with Gasteiger partial charge in [0.05, 0.1) is 0 Å². The third-order valence-electron chi connectivity index (χ3n) is 3.80. The van der Waals surface area contributed by atoms with Gasteiger partial charge < -0.3 is 4.57 Å². The Labute approximate surface area is 136 Å². The van der Waals surface area contributed by atoms with Crippen LogP contribution in [0.5, 0.6) is 0 Å². The van der Waals surface area contributed by atoms with Gasteiger partial charge in [0.25, 0.3) is 0 Å². The molecular formula is C14H15BrFN3O2S. The first kappa shape index (κ1) is 15.6.